The maximum atomic E-state index is 6.37. The third-order valence-corrected chi connectivity index (χ3v) is 10.8. The van der Waals surface area contributed by atoms with E-state index in [4.69, 9.17) is 13.0 Å². The monoisotopic (exact) mass is 448 g/mol. The number of halogens is 1. The first kappa shape index (κ1) is 14.0. The van der Waals surface area contributed by atoms with Crippen LogP contribution in [0.2, 0.25) is 0 Å². The van der Waals surface area contributed by atoms with Gasteiger partial charge in [0.05, 0.1) is 0 Å². The molecule has 0 N–H and O–H groups in total. The quantitative estimate of drug-likeness (QED) is 0.620. The summed E-state index contributed by atoms with van der Waals surface area (Å²) >= 11 is -1.48. The zero-order valence-corrected chi connectivity index (χ0v) is 16.7. The first-order chi connectivity index (χ1) is 8.86. The molecule has 18 heavy (non-hydrogen) atoms. The van der Waals surface area contributed by atoms with Gasteiger partial charge in [0.2, 0.25) is 0 Å². The molecule has 2 aromatic rings. The van der Waals surface area contributed by atoms with Gasteiger partial charge in [0.15, 0.2) is 0 Å². The van der Waals surface area contributed by atoms with E-state index < -0.39 is 23.3 Å². The molecule has 0 unspecified atom stereocenters. The van der Waals surface area contributed by atoms with Crippen LogP contribution in [0.1, 0.15) is 20.7 Å². The standard InChI is InChI=1S/C15H15O.ClH.Hg/c1-16-15(14-10-6-3-7-11-14)12-13-8-4-2-5-9-13;;/h2-12,15H,1H3;1H;/q;;+1/p-1/t15-;;/m0../s1. The van der Waals surface area contributed by atoms with E-state index in [0.29, 0.717) is 3.43 Å². The molecule has 0 fully saturated rings. The summed E-state index contributed by atoms with van der Waals surface area (Å²) in [6.07, 6.45) is 0.0905. The molecule has 0 aliphatic rings. The molecule has 90 valence electrons. The molecule has 0 radical (unpaired) electrons. The second kappa shape index (κ2) is 7.27. The molecule has 0 aromatic heterocycles. The Morgan fingerprint density at radius 1 is 0.889 bits per heavy atom. The minimum atomic E-state index is -1.48. The summed E-state index contributed by atoms with van der Waals surface area (Å²) in [4.78, 5) is 0. The summed E-state index contributed by atoms with van der Waals surface area (Å²) in [6.45, 7) is 0. The average molecular weight is 447 g/mol. The van der Waals surface area contributed by atoms with Gasteiger partial charge < -0.3 is 0 Å². The van der Waals surface area contributed by atoms with Crippen LogP contribution >= 0.6 is 8.25 Å². The van der Waals surface area contributed by atoms with E-state index in [1.54, 1.807) is 7.11 Å². The van der Waals surface area contributed by atoms with E-state index in [0.717, 1.165) is 0 Å². The number of hydrogen-bond acceptors (Lipinski definition) is 1. The zero-order chi connectivity index (χ0) is 12.8. The summed E-state index contributed by atoms with van der Waals surface area (Å²) < 4.78 is 6.10. The van der Waals surface area contributed by atoms with Crippen LogP contribution in [0, 0.1) is 0 Å². The Hall–Kier alpha value is -0.375. The van der Waals surface area contributed by atoms with Crippen molar-refractivity contribution in [3.8, 4) is 0 Å². The SMILES string of the molecule is CO[C@H](c1ccccc1)[C@H]([Hg][Cl])c1ccccc1. The molecular weight excluding hydrogens is 432 g/mol. The predicted octanol–water partition coefficient (Wildman–Crippen LogP) is 4.35. The molecule has 0 heterocycles. The van der Waals surface area contributed by atoms with Gasteiger partial charge in [-0.05, 0) is 0 Å². The summed E-state index contributed by atoms with van der Waals surface area (Å²) in [5.41, 5.74) is 2.53. The zero-order valence-electron chi connectivity index (χ0n) is 10.4. The molecule has 2 aromatic carbocycles. The molecule has 0 saturated heterocycles. The van der Waals surface area contributed by atoms with Gasteiger partial charge in [-0.15, -0.1) is 0 Å². The Labute approximate surface area is 124 Å². The number of rotatable bonds is 5. The van der Waals surface area contributed by atoms with Gasteiger partial charge in [0, 0.05) is 0 Å². The number of ether oxygens (including phenoxy) is 1. The van der Waals surface area contributed by atoms with Crippen LogP contribution in [0.4, 0.5) is 0 Å². The normalized spacial score (nSPS) is 13.7. The Kier molecular flexibility index (Phi) is 5.67. The fourth-order valence-corrected chi connectivity index (χ4v) is 9.39. The summed E-state index contributed by atoms with van der Waals surface area (Å²) in [7, 11) is 8.14. The fraction of sp³-hybridized carbons (Fsp3) is 0.200. The van der Waals surface area contributed by atoms with Crippen LogP contribution in [-0.2, 0) is 28.1 Å². The molecule has 1 nitrogen and oxygen atoms in total. The van der Waals surface area contributed by atoms with Crippen LogP contribution in [0.3, 0.4) is 0 Å². The third kappa shape index (κ3) is 3.34. The average Bonchev–Trinajstić information content (AvgIpc) is 2.46. The topological polar surface area (TPSA) is 9.23 Å². The van der Waals surface area contributed by atoms with Crippen molar-refractivity contribution >= 4 is 8.25 Å². The first-order valence-electron chi connectivity index (χ1n) is 6.05. The van der Waals surface area contributed by atoms with Crippen molar-refractivity contribution in [2.75, 3.05) is 7.11 Å². The van der Waals surface area contributed by atoms with E-state index in [-0.39, 0.29) is 6.10 Å². The van der Waals surface area contributed by atoms with Gasteiger partial charge >= 0.3 is 125 Å². The van der Waals surface area contributed by atoms with Crippen LogP contribution in [0.15, 0.2) is 60.7 Å². The van der Waals surface area contributed by atoms with Crippen molar-refractivity contribution in [2.24, 2.45) is 0 Å². The maximum absolute atomic E-state index is 6.37. The summed E-state index contributed by atoms with van der Waals surface area (Å²) in [6, 6.07) is 20.8. The van der Waals surface area contributed by atoms with Crippen LogP contribution in [0.25, 0.3) is 0 Å². The van der Waals surface area contributed by atoms with Crippen molar-refractivity contribution in [3.05, 3.63) is 71.8 Å². The Balaban J connectivity index is 2.31. The molecule has 0 bridgehead atoms. The molecule has 0 spiro atoms. The van der Waals surface area contributed by atoms with Gasteiger partial charge in [-0.25, -0.2) is 0 Å². The molecule has 0 amide bonds. The van der Waals surface area contributed by atoms with Crippen molar-refractivity contribution in [1.82, 2.24) is 0 Å². The van der Waals surface area contributed by atoms with Gasteiger partial charge in [-0.2, -0.15) is 0 Å². The van der Waals surface area contributed by atoms with E-state index in [9.17, 15) is 0 Å². The van der Waals surface area contributed by atoms with E-state index >= 15 is 0 Å². The van der Waals surface area contributed by atoms with Gasteiger partial charge in [-0.3, -0.25) is 0 Å². The molecular formula is C15H15ClHgO. The third-order valence-electron chi connectivity index (χ3n) is 3.14. The number of hydrogen-bond donors (Lipinski definition) is 0. The molecule has 0 saturated carbocycles. The van der Waals surface area contributed by atoms with E-state index in [1.165, 1.54) is 11.1 Å². The fourth-order valence-electron chi connectivity index (χ4n) is 2.22. The van der Waals surface area contributed by atoms with E-state index in [2.05, 4.69) is 48.5 Å². The van der Waals surface area contributed by atoms with Crippen LogP contribution in [0.5, 0.6) is 0 Å². The summed E-state index contributed by atoms with van der Waals surface area (Å²) in [5, 5.41) is 0. The van der Waals surface area contributed by atoms with Gasteiger partial charge in [-0.1, -0.05) is 0 Å². The molecule has 3 heteroatoms. The van der Waals surface area contributed by atoms with Crippen molar-refractivity contribution in [1.29, 1.82) is 0 Å². The number of methoxy groups -OCH3 is 1. The van der Waals surface area contributed by atoms with Crippen molar-refractivity contribution in [2.45, 2.75) is 9.53 Å². The number of benzene rings is 2. The van der Waals surface area contributed by atoms with Gasteiger partial charge in [0.25, 0.3) is 0 Å². The minimum absolute atomic E-state index is 0.0905. The Morgan fingerprint density at radius 2 is 1.39 bits per heavy atom. The molecule has 2 rings (SSSR count). The van der Waals surface area contributed by atoms with Crippen molar-refractivity contribution < 1.29 is 28.1 Å². The molecule has 0 aliphatic heterocycles. The second-order valence-electron chi connectivity index (χ2n) is 4.24. The molecule has 2 atom stereocenters. The predicted molar refractivity (Wildman–Crippen MR) is 71.2 cm³/mol. The molecule has 0 aliphatic carbocycles. The Bertz CT molecular complexity index is 415. The van der Waals surface area contributed by atoms with Crippen molar-refractivity contribution in [3.63, 3.8) is 0 Å². The second-order valence-corrected chi connectivity index (χ2v) is 11.6. The van der Waals surface area contributed by atoms with Gasteiger partial charge in [0.1, 0.15) is 0 Å². The first-order valence-corrected chi connectivity index (χ1v) is 16.0. The van der Waals surface area contributed by atoms with E-state index in [1.807, 2.05) is 12.1 Å². The van der Waals surface area contributed by atoms with Crippen LogP contribution < -0.4 is 0 Å². The Morgan fingerprint density at radius 3 is 1.83 bits per heavy atom. The van der Waals surface area contributed by atoms with Crippen LogP contribution in [-0.4, -0.2) is 7.11 Å². The summed E-state index contributed by atoms with van der Waals surface area (Å²) in [5.74, 6) is 0.